The maximum Gasteiger partial charge on any atom is 0.150 e. The van der Waals surface area contributed by atoms with Crippen LogP contribution in [-0.4, -0.2) is 45.7 Å². The lowest BCUT2D eigenvalue weighted by Crippen LogP contribution is -2.32. The first kappa shape index (κ1) is 14.9. The number of nitrogens with one attached hydrogen (secondary N) is 1. The lowest BCUT2D eigenvalue weighted by atomic mass is 10.3. The summed E-state index contributed by atoms with van der Waals surface area (Å²) < 4.78 is 27.6. The van der Waals surface area contributed by atoms with Gasteiger partial charge in [-0.3, -0.25) is 0 Å². The van der Waals surface area contributed by atoms with Crippen LogP contribution in [0.2, 0.25) is 0 Å². The maximum absolute atomic E-state index is 11.2. The van der Waals surface area contributed by atoms with Crippen molar-refractivity contribution in [3.05, 3.63) is 0 Å². The van der Waals surface area contributed by atoms with Crippen molar-refractivity contribution < 1.29 is 13.2 Å². The highest BCUT2D eigenvalue weighted by atomic mass is 32.2. The van der Waals surface area contributed by atoms with Gasteiger partial charge in [0.25, 0.3) is 0 Å². The van der Waals surface area contributed by atoms with E-state index in [0.717, 1.165) is 13.2 Å². The van der Waals surface area contributed by atoms with E-state index in [4.69, 9.17) is 4.74 Å². The zero-order valence-electron chi connectivity index (χ0n) is 9.95. The highest BCUT2D eigenvalue weighted by Gasteiger charge is 2.07. The van der Waals surface area contributed by atoms with E-state index >= 15 is 0 Å². The van der Waals surface area contributed by atoms with E-state index in [1.807, 2.05) is 13.8 Å². The molecule has 1 atom stereocenters. The van der Waals surface area contributed by atoms with Gasteiger partial charge in [0.05, 0.1) is 12.4 Å². The lowest BCUT2D eigenvalue weighted by molar-refractivity contribution is 0.127. The minimum atomic E-state index is -2.81. The van der Waals surface area contributed by atoms with Crippen LogP contribution >= 0.6 is 0 Å². The summed E-state index contributed by atoms with van der Waals surface area (Å²) >= 11 is 0. The molecule has 0 spiro atoms. The third kappa shape index (κ3) is 8.84. The van der Waals surface area contributed by atoms with Gasteiger partial charge in [0.15, 0.2) is 0 Å². The Hall–Kier alpha value is -0.130. The molecule has 0 amide bonds. The zero-order chi connectivity index (χ0) is 11.7. The first-order chi connectivity index (χ1) is 7.02. The molecule has 0 radical (unpaired) electrons. The van der Waals surface area contributed by atoms with Crippen LogP contribution in [0.4, 0.5) is 0 Å². The van der Waals surface area contributed by atoms with Crippen LogP contribution in [-0.2, 0) is 14.6 Å². The molecule has 0 aromatic carbocycles. The maximum atomic E-state index is 11.2. The molecule has 0 saturated carbocycles. The molecule has 92 valence electrons. The predicted octanol–water partition coefficient (Wildman–Crippen LogP) is 0.826. The van der Waals surface area contributed by atoms with Crippen LogP contribution in [0.25, 0.3) is 0 Å². The molecule has 1 N–H and O–H groups in total. The van der Waals surface area contributed by atoms with Crippen molar-refractivity contribution in [2.45, 2.75) is 33.2 Å². The van der Waals surface area contributed by atoms with Gasteiger partial charge >= 0.3 is 0 Å². The molecule has 5 heteroatoms. The Morgan fingerprint density at radius 3 is 2.53 bits per heavy atom. The van der Waals surface area contributed by atoms with Crippen LogP contribution in [0.1, 0.15) is 27.2 Å². The number of hydrogen-bond acceptors (Lipinski definition) is 4. The second kappa shape index (κ2) is 8.07. The normalized spacial score (nSPS) is 14.1. The summed E-state index contributed by atoms with van der Waals surface area (Å²) in [7, 11) is -2.81. The van der Waals surface area contributed by atoms with E-state index in [1.54, 1.807) is 6.92 Å². The van der Waals surface area contributed by atoms with Crippen LogP contribution < -0.4 is 5.32 Å². The van der Waals surface area contributed by atoms with Crippen LogP contribution in [0, 0.1) is 0 Å². The molecule has 0 rings (SSSR count). The Morgan fingerprint density at radius 2 is 2.00 bits per heavy atom. The van der Waals surface area contributed by atoms with Gasteiger partial charge < -0.3 is 10.1 Å². The molecular weight excluding hydrogens is 214 g/mol. The van der Waals surface area contributed by atoms with Crippen molar-refractivity contribution in [2.24, 2.45) is 0 Å². The Balaban J connectivity index is 3.46. The van der Waals surface area contributed by atoms with Crippen molar-refractivity contribution in [2.75, 3.05) is 31.3 Å². The molecule has 4 nitrogen and oxygen atoms in total. The molecular formula is C10H23NO3S. The summed E-state index contributed by atoms with van der Waals surface area (Å²) in [5.41, 5.74) is 0. The van der Waals surface area contributed by atoms with Crippen LogP contribution in [0.3, 0.4) is 0 Å². The fraction of sp³-hybridized carbons (Fsp3) is 1.00. The summed E-state index contributed by atoms with van der Waals surface area (Å²) in [4.78, 5) is 0. The number of sulfone groups is 1. The summed E-state index contributed by atoms with van der Waals surface area (Å²) in [5, 5.41) is 3.22. The lowest BCUT2D eigenvalue weighted by Gasteiger charge is -2.13. The van der Waals surface area contributed by atoms with Gasteiger partial charge in [-0.05, 0) is 26.8 Å². The van der Waals surface area contributed by atoms with Crippen molar-refractivity contribution in [1.29, 1.82) is 0 Å². The molecule has 0 aliphatic heterocycles. The first-order valence-electron chi connectivity index (χ1n) is 5.53. The van der Waals surface area contributed by atoms with Crippen molar-refractivity contribution in [3.8, 4) is 0 Å². The third-order valence-corrected chi connectivity index (χ3v) is 3.93. The standard InChI is InChI=1S/C10H23NO3S/c1-4-14-9-10(3)11-7-6-8-15(12,13)5-2/h10-11H,4-9H2,1-3H3. The van der Waals surface area contributed by atoms with Gasteiger partial charge in [-0.1, -0.05) is 6.92 Å². The first-order valence-corrected chi connectivity index (χ1v) is 7.35. The Bertz CT molecular complexity index is 239. The minimum Gasteiger partial charge on any atom is -0.380 e. The Labute approximate surface area is 93.3 Å². The fourth-order valence-electron chi connectivity index (χ4n) is 1.14. The molecule has 0 aromatic rings. The zero-order valence-corrected chi connectivity index (χ0v) is 10.8. The molecule has 1 unspecified atom stereocenters. The monoisotopic (exact) mass is 237 g/mol. The van der Waals surface area contributed by atoms with Gasteiger partial charge in [-0.15, -0.1) is 0 Å². The van der Waals surface area contributed by atoms with E-state index in [1.165, 1.54) is 0 Å². The molecule has 0 heterocycles. The molecule has 0 aromatic heterocycles. The average Bonchev–Trinajstić information content (AvgIpc) is 2.21. The smallest absolute Gasteiger partial charge is 0.150 e. The SMILES string of the molecule is CCOCC(C)NCCCS(=O)(=O)CC. The van der Waals surface area contributed by atoms with E-state index in [9.17, 15) is 8.42 Å². The van der Waals surface area contributed by atoms with Crippen molar-refractivity contribution >= 4 is 9.84 Å². The van der Waals surface area contributed by atoms with Crippen LogP contribution in [0.5, 0.6) is 0 Å². The molecule has 0 aliphatic rings. The minimum absolute atomic E-state index is 0.238. The average molecular weight is 237 g/mol. The molecule has 0 bridgehead atoms. The second-order valence-corrected chi connectivity index (χ2v) is 6.08. The van der Waals surface area contributed by atoms with E-state index < -0.39 is 9.84 Å². The molecule has 0 aliphatic carbocycles. The van der Waals surface area contributed by atoms with Crippen LogP contribution in [0.15, 0.2) is 0 Å². The largest absolute Gasteiger partial charge is 0.380 e. The summed E-state index contributed by atoms with van der Waals surface area (Å²) in [6.45, 7) is 7.80. The summed E-state index contributed by atoms with van der Waals surface area (Å²) in [6, 6.07) is 0.286. The fourth-order valence-corrected chi connectivity index (χ4v) is 2.01. The number of rotatable bonds is 9. The summed E-state index contributed by atoms with van der Waals surface area (Å²) in [6.07, 6.45) is 0.673. The van der Waals surface area contributed by atoms with Crippen molar-refractivity contribution in [1.82, 2.24) is 5.32 Å². The number of hydrogen-bond donors (Lipinski definition) is 1. The molecule has 0 fully saturated rings. The summed E-state index contributed by atoms with van der Waals surface area (Å²) in [5.74, 6) is 0.513. The van der Waals surface area contributed by atoms with Gasteiger partial charge in [0.1, 0.15) is 9.84 Å². The highest BCUT2D eigenvalue weighted by Crippen LogP contribution is 1.93. The Kier molecular flexibility index (Phi) is 8.00. The quantitative estimate of drug-likeness (QED) is 0.603. The van der Waals surface area contributed by atoms with Crippen molar-refractivity contribution in [3.63, 3.8) is 0 Å². The van der Waals surface area contributed by atoms with Gasteiger partial charge in [0, 0.05) is 18.4 Å². The van der Waals surface area contributed by atoms with Gasteiger partial charge in [-0.2, -0.15) is 0 Å². The Morgan fingerprint density at radius 1 is 1.33 bits per heavy atom. The van der Waals surface area contributed by atoms with Gasteiger partial charge in [0.2, 0.25) is 0 Å². The number of ether oxygens (including phenoxy) is 1. The highest BCUT2D eigenvalue weighted by molar-refractivity contribution is 7.91. The third-order valence-electron chi connectivity index (χ3n) is 2.14. The van der Waals surface area contributed by atoms with E-state index in [0.29, 0.717) is 13.0 Å². The van der Waals surface area contributed by atoms with Gasteiger partial charge in [-0.25, -0.2) is 8.42 Å². The molecule has 15 heavy (non-hydrogen) atoms. The molecule has 0 saturated heterocycles. The predicted molar refractivity (Wildman–Crippen MR) is 62.9 cm³/mol. The topological polar surface area (TPSA) is 55.4 Å². The van der Waals surface area contributed by atoms with E-state index in [-0.39, 0.29) is 17.5 Å². The van der Waals surface area contributed by atoms with E-state index in [2.05, 4.69) is 5.32 Å². The second-order valence-electron chi connectivity index (χ2n) is 3.60.